The summed E-state index contributed by atoms with van der Waals surface area (Å²) in [6, 6.07) is 0. The summed E-state index contributed by atoms with van der Waals surface area (Å²) in [5, 5.41) is 0. The molecule has 0 spiro atoms. The molecule has 0 N–H and O–H groups in total. The highest BCUT2D eigenvalue weighted by Crippen LogP contribution is 2.14. The van der Waals surface area contributed by atoms with Crippen LogP contribution in [-0.2, 0) is 28.6 Å². The van der Waals surface area contributed by atoms with Gasteiger partial charge in [-0.25, -0.2) is 0 Å². The van der Waals surface area contributed by atoms with Gasteiger partial charge in [0.15, 0.2) is 6.10 Å². The molecule has 0 aliphatic heterocycles. The van der Waals surface area contributed by atoms with Crippen LogP contribution in [0.25, 0.3) is 0 Å². The fourth-order valence-corrected chi connectivity index (χ4v) is 6.73. The second-order valence-electron chi connectivity index (χ2n) is 16.3. The van der Waals surface area contributed by atoms with Gasteiger partial charge >= 0.3 is 17.9 Å². The first-order chi connectivity index (χ1) is 29.0. The van der Waals surface area contributed by atoms with E-state index in [1.54, 1.807) is 0 Å². The summed E-state index contributed by atoms with van der Waals surface area (Å²) < 4.78 is 16.7. The van der Waals surface area contributed by atoms with E-state index in [1.807, 2.05) is 0 Å². The number of esters is 3. The molecule has 59 heavy (non-hydrogen) atoms. The van der Waals surface area contributed by atoms with Crippen LogP contribution in [0.15, 0.2) is 60.8 Å². The summed E-state index contributed by atoms with van der Waals surface area (Å²) in [4.78, 5) is 37.8. The number of rotatable bonds is 44. The lowest BCUT2D eigenvalue weighted by atomic mass is 10.1. The van der Waals surface area contributed by atoms with Gasteiger partial charge in [-0.05, 0) is 89.9 Å². The summed E-state index contributed by atoms with van der Waals surface area (Å²) in [5.41, 5.74) is 0. The van der Waals surface area contributed by atoms with E-state index in [2.05, 4.69) is 81.5 Å². The number of ether oxygens (including phenoxy) is 3. The number of allylic oxidation sites excluding steroid dienone is 10. The Labute approximate surface area is 364 Å². The largest absolute Gasteiger partial charge is 0.462 e. The third-order valence-corrected chi connectivity index (χ3v) is 10.5. The molecule has 6 heteroatoms. The number of hydrogen-bond acceptors (Lipinski definition) is 6. The van der Waals surface area contributed by atoms with E-state index in [9.17, 15) is 14.4 Å². The zero-order chi connectivity index (χ0) is 43.0. The van der Waals surface area contributed by atoms with E-state index in [0.717, 1.165) is 77.0 Å². The van der Waals surface area contributed by atoms with Crippen molar-refractivity contribution >= 4 is 17.9 Å². The molecule has 0 aliphatic carbocycles. The molecule has 6 nitrogen and oxygen atoms in total. The molecule has 0 bridgehead atoms. The minimum atomic E-state index is -0.803. The third-order valence-electron chi connectivity index (χ3n) is 10.5. The highest BCUT2D eigenvalue weighted by Gasteiger charge is 2.19. The smallest absolute Gasteiger partial charge is 0.306 e. The molecule has 0 fully saturated rings. The van der Waals surface area contributed by atoms with Gasteiger partial charge in [-0.3, -0.25) is 14.4 Å². The summed E-state index contributed by atoms with van der Waals surface area (Å²) in [6.07, 6.45) is 57.9. The van der Waals surface area contributed by atoms with Crippen LogP contribution in [0.3, 0.4) is 0 Å². The zero-order valence-electron chi connectivity index (χ0n) is 38.8. The van der Waals surface area contributed by atoms with Crippen LogP contribution in [0.4, 0.5) is 0 Å². The van der Waals surface area contributed by atoms with Crippen molar-refractivity contribution in [1.82, 2.24) is 0 Å². The Morgan fingerprint density at radius 3 is 1.15 bits per heavy atom. The highest BCUT2D eigenvalue weighted by atomic mass is 16.6. The molecule has 0 aliphatic rings. The first kappa shape index (κ1) is 56.1. The number of unbranched alkanes of at least 4 members (excludes halogenated alkanes) is 23. The molecule has 1 atom stereocenters. The predicted octanol–water partition coefficient (Wildman–Crippen LogP) is 16.1. The molecule has 0 aromatic carbocycles. The maximum Gasteiger partial charge on any atom is 0.306 e. The van der Waals surface area contributed by atoms with E-state index < -0.39 is 6.10 Å². The Bertz CT molecular complexity index is 1090. The average molecular weight is 825 g/mol. The van der Waals surface area contributed by atoms with E-state index >= 15 is 0 Å². The molecular formula is C53H92O6. The maximum absolute atomic E-state index is 12.7. The molecular weight excluding hydrogens is 733 g/mol. The second-order valence-corrected chi connectivity index (χ2v) is 16.3. The maximum atomic E-state index is 12.7. The van der Waals surface area contributed by atoms with Crippen molar-refractivity contribution < 1.29 is 28.6 Å². The highest BCUT2D eigenvalue weighted by molar-refractivity contribution is 5.71. The van der Waals surface area contributed by atoms with Crippen molar-refractivity contribution in [1.29, 1.82) is 0 Å². The van der Waals surface area contributed by atoms with Crippen LogP contribution in [0.1, 0.15) is 239 Å². The quantitative estimate of drug-likeness (QED) is 0.0263. The average Bonchev–Trinajstić information content (AvgIpc) is 3.23. The van der Waals surface area contributed by atoms with Gasteiger partial charge in [0, 0.05) is 19.3 Å². The molecule has 340 valence electrons. The zero-order valence-corrected chi connectivity index (χ0v) is 38.8. The van der Waals surface area contributed by atoms with E-state index in [-0.39, 0.29) is 37.5 Å². The van der Waals surface area contributed by atoms with Crippen LogP contribution in [0.2, 0.25) is 0 Å². The Morgan fingerprint density at radius 1 is 0.356 bits per heavy atom. The van der Waals surface area contributed by atoms with Gasteiger partial charge in [0.25, 0.3) is 0 Å². The molecule has 0 amide bonds. The SMILES string of the molecule is CC/C=C\C/C=C\C/C=C\CCCC(=O)OC(COC(=O)CCCCCCC/C=C\CCCC)COC(=O)CCCCCCCCC/C=C\CCCCCCCCCC. The molecule has 0 heterocycles. The summed E-state index contributed by atoms with van der Waals surface area (Å²) in [7, 11) is 0. The lowest BCUT2D eigenvalue weighted by Gasteiger charge is -2.18. The van der Waals surface area contributed by atoms with Gasteiger partial charge in [0.05, 0.1) is 0 Å². The fraction of sp³-hybridized carbons (Fsp3) is 0.755. The number of carbonyl (C=O) groups is 3. The molecule has 0 radical (unpaired) electrons. The monoisotopic (exact) mass is 825 g/mol. The lowest BCUT2D eigenvalue weighted by Crippen LogP contribution is -2.30. The predicted molar refractivity (Wildman–Crippen MR) is 251 cm³/mol. The standard InChI is InChI=1S/C53H92O6/c1-4-7-10-13-16-19-22-23-24-25-26-27-28-29-32-34-37-40-43-46-52(55)58-49-50(59-53(56)47-44-41-38-35-31-21-18-15-12-9-6-3)48-57-51(54)45-42-39-36-33-30-20-17-14-11-8-5-2/h9,12,14,17-18,21,25-26,35,38,50H,4-8,10-11,13,15-16,19-20,22-24,27-34,36-37,39-49H2,1-3H3/b12-9-,17-14-,21-18-,26-25-,38-35-. The van der Waals surface area contributed by atoms with Gasteiger partial charge in [-0.2, -0.15) is 0 Å². The van der Waals surface area contributed by atoms with Crippen molar-refractivity contribution in [3.63, 3.8) is 0 Å². The van der Waals surface area contributed by atoms with Gasteiger partial charge in [-0.15, -0.1) is 0 Å². The van der Waals surface area contributed by atoms with Crippen LogP contribution in [0, 0.1) is 0 Å². The Kier molecular flexibility index (Phi) is 45.4. The number of carbonyl (C=O) groups excluding carboxylic acids is 3. The molecule has 0 aromatic rings. The molecule has 0 aromatic heterocycles. The normalized spacial score (nSPS) is 12.5. The second kappa shape index (κ2) is 47.8. The Balaban J connectivity index is 4.35. The van der Waals surface area contributed by atoms with Crippen LogP contribution in [0.5, 0.6) is 0 Å². The van der Waals surface area contributed by atoms with E-state index in [0.29, 0.717) is 19.3 Å². The fourth-order valence-electron chi connectivity index (χ4n) is 6.73. The van der Waals surface area contributed by atoms with Gasteiger partial charge in [-0.1, -0.05) is 191 Å². The molecule has 1 unspecified atom stereocenters. The van der Waals surface area contributed by atoms with Crippen LogP contribution in [-0.4, -0.2) is 37.2 Å². The van der Waals surface area contributed by atoms with Crippen LogP contribution < -0.4 is 0 Å². The minimum Gasteiger partial charge on any atom is -0.462 e. The Hall–Kier alpha value is -2.89. The van der Waals surface area contributed by atoms with Crippen molar-refractivity contribution in [2.75, 3.05) is 13.2 Å². The number of hydrogen-bond donors (Lipinski definition) is 0. The van der Waals surface area contributed by atoms with Crippen molar-refractivity contribution in [2.45, 2.75) is 245 Å². The van der Waals surface area contributed by atoms with Crippen molar-refractivity contribution in [3.8, 4) is 0 Å². The molecule has 0 rings (SSSR count). The lowest BCUT2D eigenvalue weighted by molar-refractivity contribution is -0.167. The summed E-state index contributed by atoms with van der Waals surface area (Å²) in [5.74, 6) is -0.969. The summed E-state index contributed by atoms with van der Waals surface area (Å²) in [6.45, 7) is 6.42. The third kappa shape index (κ3) is 46.0. The van der Waals surface area contributed by atoms with Gasteiger partial charge in [0.2, 0.25) is 0 Å². The van der Waals surface area contributed by atoms with Crippen molar-refractivity contribution in [3.05, 3.63) is 60.8 Å². The van der Waals surface area contributed by atoms with Crippen molar-refractivity contribution in [2.24, 2.45) is 0 Å². The Morgan fingerprint density at radius 2 is 0.695 bits per heavy atom. The minimum absolute atomic E-state index is 0.0992. The van der Waals surface area contributed by atoms with Crippen LogP contribution >= 0.6 is 0 Å². The van der Waals surface area contributed by atoms with E-state index in [1.165, 1.54) is 116 Å². The first-order valence-electron chi connectivity index (χ1n) is 24.8. The first-order valence-corrected chi connectivity index (χ1v) is 24.8. The topological polar surface area (TPSA) is 78.9 Å². The molecule has 0 saturated heterocycles. The molecule has 0 saturated carbocycles. The van der Waals surface area contributed by atoms with Gasteiger partial charge in [0.1, 0.15) is 13.2 Å². The van der Waals surface area contributed by atoms with E-state index in [4.69, 9.17) is 14.2 Å². The van der Waals surface area contributed by atoms with Gasteiger partial charge < -0.3 is 14.2 Å². The summed E-state index contributed by atoms with van der Waals surface area (Å²) >= 11 is 0.